The predicted octanol–water partition coefficient (Wildman–Crippen LogP) is 4.78. The molecule has 13 nitrogen and oxygen atoms in total. The Balaban J connectivity index is 1.05. The number of rotatable bonds is 25. The van der Waals surface area contributed by atoms with Crippen molar-refractivity contribution in [2.75, 3.05) is 92.5 Å². The minimum atomic E-state index is -0.875. The van der Waals surface area contributed by atoms with Crippen LogP contribution >= 0.6 is 22.9 Å². The van der Waals surface area contributed by atoms with Crippen molar-refractivity contribution in [3.63, 3.8) is 0 Å². The molecule has 0 unspecified atom stereocenters. The number of ether oxygens (including phenoxy) is 7. The summed E-state index contributed by atoms with van der Waals surface area (Å²) in [4.78, 5) is 16.9. The molecular formula is C34H47ClN4O9S. The molecule has 0 saturated carbocycles. The van der Waals surface area contributed by atoms with Gasteiger partial charge in [0.2, 0.25) is 0 Å². The van der Waals surface area contributed by atoms with Crippen LogP contribution in [0, 0.1) is 20.8 Å². The van der Waals surface area contributed by atoms with E-state index in [4.69, 9.17) is 54.9 Å². The molecule has 49 heavy (non-hydrogen) atoms. The van der Waals surface area contributed by atoms with E-state index < -0.39 is 5.97 Å². The second-order valence-electron chi connectivity index (χ2n) is 11.1. The highest BCUT2D eigenvalue weighted by Gasteiger charge is 2.31. The Bertz CT molecular complexity index is 1460. The fourth-order valence-corrected chi connectivity index (χ4v) is 6.31. The van der Waals surface area contributed by atoms with Crippen molar-refractivity contribution in [2.24, 2.45) is 4.99 Å². The van der Waals surface area contributed by atoms with E-state index in [1.165, 1.54) is 10.4 Å². The molecule has 0 spiro atoms. The van der Waals surface area contributed by atoms with Crippen LogP contribution in [0.15, 0.2) is 29.3 Å². The fraction of sp³-hybridized carbons (Fsp3) is 0.588. The van der Waals surface area contributed by atoms with Crippen LogP contribution in [0.1, 0.15) is 52.1 Å². The topological polar surface area (TPSA) is 145 Å². The Kier molecular flexibility index (Phi) is 17.1. The summed E-state index contributed by atoms with van der Waals surface area (Å²) in [6.07, 6.45) is 0.645. The summed E-state index contributed by atoms with van der Waals surface area (Å²) in [7, 11) is 0. The zero-order valence-corrected chi connectivity index (χ0v) is 30.1. The molecular weight excluding hydrogens is 676 g/mol. The van der Waals surface area contributed by atoms with Crippen LogP contribution < -0.4 is 0 Å². The predicted molar refractivity (Wildman–Crippen MR) is 186 cm³/mol. The largest absolute Gasteiger partial charge is 0.481 e. The second-order valence-corrected chi connectivity index (χ2v) is 12.8. The monoisotopic (exact) mass is 722 g/mol. The van der Waals surface area contributed by atoms with Gasteiger partial charge in [0.05, 0.1) is 98.0 Å². The molecule has 0 radical (unpaired) electrons. The number of fused-ring (bicyclic) bond motifs is 3. The molecule has 1 aliphatic heterocycles. The van der Waals surface area contributed by atoms with E-state index in [0.717, 1.165) is 33.5 Å². The Morgan fingerprint density at radius 2 is 1.24 bits per heavy atom. The lowest BCUT2D eigenvalue weighted by Gasteiger charge is -2.13. The first-order chi connectivity index (χ1) is 23.9. The standard InChI is InChI=1S/C34H47ClN4O9S/c1-24-25(2)49-34-31(24)32(27-4-6-28(35)7-5-27)36-29(33-38-37-26(3)39(33)34)8-10-42-12-14-44-16-18-46-20-22-48-23-21-47-19-17-45-15-13-43-11-9-30(40)41/h4-7,29H,8-23H2,1-3H3,(H,40,41)/t29-/m0/s1. The Hall–Kier alpha value is -2.79. The lowest BCUT2D eigenvalue weighted by atomic mass is 9.99. The molecule has 1 aliphatic rings. The molecule has 0 aliphatic carbocycles. The summed E-state index contributed by atoms with van der Waals surface area (Å²) in [6.45, 7) is 12.4. The number of carboxylic acids is 1. The van der Waals surface area contributed by atoms with Crippen LogP contribution in [0.2, 0.25) is 5.02 Å². The zero-order chi connectivity index (χ0) is 34.8. The maximum atomic E-state index is 10.4. The van der Waals surface area contributed by atoms with E-state index in [9.17, 15) is 4.79 Å². The summed E-state index contributed by atoms with van der Waals surface area (Å²) in [6, 6.07) is 7.61. The van der Waals surface area contributed by atoms with Crippen LogP contribution in [-0.2, 0) is 38.0 Å². The number of hydrogen-bond donors (Lipinski definition) is 1. The summed E-state index contributed by atoms with van der Waals surface area (Å²) in [5, 5.41) is 19.3. The van der Waals surface area contributed by atoms with Gasteiger partial charge < -0.3 is 38.3 Å². The molecule has 1 atom stereocenters. The van der Waals surface area contributed by atoms with Gasteiger partial charge in [-0.2, -0.15) is 0 Å². The molecule has 15 heteroatoms. The second kappa shape index (κ2) is 21.4. The van der Waals surface area contributed by atoms with Gasteiger partial charge in [-0.05, 0) is 38.5 Å². The van der Waals surface area contributed by atoms with Gasteiger partial charge in [0.15, 0.2) is 5.82 Å². The van der Waals surface area contributed by atoms with Crippen molar-refractivity contribution < 1.29 is 43.1 Å². The van der Waals surface area contributed by atoms with Gasteiger partial charge >= 0.3 is 5.97 Å². The summed E-state index contributed by atoms with van der Waals surface area (Å²) in [5.41, 5.74) is 4.27. The Morgan fingerprint density at radius 3 is 1.76 bits per heavy atom. The van der Waals surface area contributed by atoms with Gasteiger partial charge in [-0.3, -0.25) is 14.4 Å². The fourth-order valence-electron chi connectivity index (χ4n) is 4.97. The molecule has 0 saturated heterocycles. The minimum Gasteiger partial charge on any atom is -0.481 e. The number of aryl methyl sites for hydroxylation is 2. The first-order valence-corrected chi connectivity index (χ1v) is 17.7. The number of benzene rings is 1. The zero-order valence-electron chi connectivity index (χ0n) is 28.5. The number of aliphatic carboxylic acids is 1. The van der Waals surface area contributed by atoms with Gasteiger partial charge in [-0.1, -0.05) is 23.7 Å². The molecule has 0 bridgehead atoms. The van der Waals surface area contributed by atoms with Crippen molar-refractivity contribution >= 4 is 34.6 Å². The van der Waals surface area contributed by atoms with Crippen molar-refractivity contribution in [2.45, 2.75) is 39.7 Å². The third kappa shape index (κ3) is 12.5. The quantitative estimate of drug-likeness (QED) is 0.121. The minimum absolute atomic E-state index is 0.00528. The number of nitrogens with zero attached hydrogens (tertiary/aromatic N) is 4. The van der Waals surface area contributed by atoms with Gasteiger partial charge in [0.25, 0.3) is 0 Å². The first kappa shape index (κ1) is 39.0. The van der Waals surface area contributed by atoms with E-state index in [0.29, 0.717) is 97.3 Å². The van der Waals surface area contributed by atoms with Gasteiger partial charge in [0, 0.05) is 34.1 Å². The highest BCUT2D eigenvalue weighted by atomic mass is 35.5. The number of thiophene rings is 1. The first-order valence-electron chi connectivity index (χ1n) is 16.5. The number of carboxylic acid groups (broad SMARTS) is 1. The summed E-state index contributed by atoms with van der Waals surface area (Å²) in [5.74, 6) is 0.777. The smallest absolute Gasteiger partial charge is 0.305 e. The molecule has 1 aromatic carbocycles. The third-order valence-corrected chi connectivity index (χ3v) is 9.03. The van der Waals surface area contributed by atoms with Crippen LogP contribution in [0.25, 0.3) is 5.00 Å². The van der Waals surface area contributed by atoms with E-state index in [1.807, 2.05) is 31.2 Å². The van der Waals surface area contributed by atoms with Crippen molar-refractivity contribution in [3.05, 3.63) is 62.5 Å². The van der Waals surface area contributed by atoms with E-state index in [2.05, 4.69) is 28.6 Å². The van der Waals surface area contributed by atoms with Crippen LogP contribution in [0.3, 0.4) is 0 Å². The SMILES string of the molecule is Cc1sc2c(c1C)C(c1ccc(Cl)cc1)=N[C@@H](CCOCCOCCOCCOCCOCCOCCOCCC(=O)O)c1nnc(C)n1-2. The van der Waals surface area contributed by atoms with Crippen LogP contribution in [0.4, 0.5) is 0 Å². The number of halogens is 1. The van der Waals surface area contributed by atoms with Crippen molar-refractivity contribution in [1.29, 1.82) is 0 Å². The van der Waals surface area contributed by atoms with Crippen molar-refractivity contribution in [3.8, 4) is 5.00 Å². The normalized spacial score (nSPS) is 14.0. The molecule has 270 valence electrons. The summed E-state index contributed by atoms with van der Waals surface area (Å²) < 4.78 is 40.7. The molecule has 4 rings (SSSR count). The lowest BCUT2D eigenvalue weighted by Crippen LogP contribution is -2.15. The maximum absolute atomic E-state index is 10.4. The van der Waals surface area contributed by atoms with E-state index >= 15 is 0 Å². The van der Waals surface area contributed by atoms with E-state index in [-0.39, 0.29) is 19.1 Å². The molecule has 3 aromatic rings. The van der Waals surface area contributed by atoms with Gasteiger partial charge in [0.1, 0.15) is 16.9 Å². The Morgan fingerprint density at radius 1 is 0.755 bits per heavy atom. The number of aromatic nitrogens is 3. The summed E-state index contributed by atoms with van der Waals surface area (Å²) >= 11 is 7.95. The average Bonchev–Trinajstić information content (AvgIpc) is 3.56. The number of aliphatic imine (C=N–C) groups is 1. The molecule has 2 aromatic heterocycles. The van der Waals surface area contributed by atoms with Crippen molar-refractivity contribution in [1.82, 2.24) is 14.8 Å². The van der Waals surface area contributed by atoms with Crippen LogP contribution in [-0.4, -0.2) is 124 Å². The van der Waals surface area contributed by atoms with E-state index in [1.54, 1.807) is 11.3 Å². The third-order valence-electron chi connectivity index (χ3n) is 7.59. The molecule has 0 fully saturated rings. The highest BCUT2D eigenvalue weighted by Crippen LogP contribution is 2.39. The number of hydrogen-bond acceptors (Lipinski definition) is 12. The van der Waals surface area contributed by atoms with Gasteiger partial charge in [-0.25, -0.2) is 0 Å². The van der Waals surface area contributed by atoms with Gasteiger partial charge in [-0.15, -0.1) is 21.5 Å². The number of carbonyl (C=O) groups is 1. The molecule has 3 heterocycles. The maximum Gasteiger partial charge on any atom is 0.305 e. The average molecular weight is 723 g/mol. The highest BCUT2D eigenvalue weighted by molar-refractivity contribution is 7.15. The lowest BCUT2D eigenvalue weighted by molar-refractivity contribution is -0.138. The Labute approximate surface area is 296 Å². The molecule has 0 amide bonds. The molecule has 1 N–H and O–H groups in total. The van der Waals surface area contributed by atoms with Crippen LogP contribution in [0.5, 0.6) is 0 Å².